The molecule has 1 rings (SSSR count). The number of hydrogen-bond acceptors (Lipinski definition) is 2. The quantitative estimate of drug-likeness (QED) is 0.747. The van der Waals surface area contributed by atoms with Gasteiger partial charge in [0.05, 0.1) is 0 Å². The average Bonchev–Trinajstić information content (AvgIpc) is 2.26. The molecule has 1 saturated heterocycles. The van der Waals surface area contributed by atoms with Gasteiger partial charge in [-0.1, -0.05) is 13.8 Å². The minimum absolute atomic E-state index is 0.0179. The Labute approximate surface area is 99.6 Å². The Hall–Kier alpha value is -0.780. The van der Waals surface area contributed by atoms with Crippen molar-refractivity contribution in [2.75, 3.05) is 26.2 Å². The number of piperazine rings is 1. The molecule has 6 heteroatoms. The lowest BCUT2D eigenvalue weighted by Gasteiger charge is -2.39. The molecule has 1 atom stereocenters. The summed E-state index contributed by atoms with van der Waals surface area (Å²) in [7, 11) is 0. The first-order chi connectivity index (χ1) is 7.73. The van der Waals surface area contributed by atoms with Gasteiger partial charge in [-0.3, -0.25) is 9.69 Å². The van der Waals surface area contributed by atoms with Gasteiger partial charge in [-0.2, -0.15) is 13.2 Å². The van der Waals surface area contributed by atoms with Gasteiger partial charge in [0.15, 0.2) is 0 Å². The van der Waals surface area contributed by atoms with E-state index < -0.39 is 12.2 Å². The molecule has 1 heterocycles. The van der Waals surface area contributed by atoms with Crippen molar-refractivity contribution in [1.29, 1.82) is 0 Å². The van der Waals surface area contributed by atoms with Crippen LogP contribution in [0.15, 0.2) is 0 Å². The summed E-state index contributed by atoms with van der Waals surface area (Å²) < 4.78 is 37.5. The van der Waals surface area contributed by atoms with E-state index in [2.05, 4.69) is 0 Å². The van der Waals surface area contributed by atoms with Crippen molar-refractivity contribution in [3.8, 4) is 0 Å². The van der Waals surface area contributed by atoms with Crippen molar-refractivity contribution < 1.29 is 18.0 Å². The van der Waals surface area contributed by atoms with Crippen LogP contribution in [0.5, 0.6) is 0 Å². The molecular formula is C11H19F3N2O. The average molecular weight is 252 g/mol. The van der Waals surface area contributed by atoms with Crippen LogP contribution in [-0.4, -0.2) is 54.1 Å². The number of carbonyl (C=O) groups is 1. The monoisotopic (exact) mass is 252 g/mol. The van der Waals surface area contributed by atoms with Crippen LogP contribution in [0.2, 0.25) is 0 Å². The molecule has 17 heavy (non-hydrogen) atoms. The third-order valence-electron chi connectivity index (χ3n) is 3.14. The largest absolute Gasteiger partial charge is 0.403 e. The first-order valence-corrected chi connectivity index (χ1v) is 5.83. The first-order valence-electron chi connectivity index (χ1n) is 5.83. The summed E-state index contributed by atoms with van der Waals surface area (Å²) in [6.45, 7) is 6.12. The first kappa shape index (κ1) is 14.3. The number of rotatable bonds is 2. The highest BCUT2D eigenvalue weighted by Gasteiger charge is 2.41. The third-order valence-corrected chi connectivity index (χ3v) is 3.14. The summed E-state index contributed by atoms with van der Waals surface area (Å²) in [4.78, 5) is 14.7. The summed E-state index contributed by atoms with van der Waals surface area (Å²) in [6.07, 6.45) is -4.19. The lowest BCUT2D eigenvalue weighted by atomic mass is 10.1. The van der Waals surface area contributed by atoms with Crippen LogP contribution in [-0.2, 0) is 4.79 Å². The van der Waals surface area contributed by atoms with E-state index in [0.717, 1.165) is 0 Å². The zero-order valence-corrected chi connectivity index (χ0v) is 10.4. The maximum Gasteiger partial charge on any atom is 0.403 e. The Morgan fingerprint density at radius 2 is 1.53 bits per heavy atom. The molecule has 1 fully saturated rings. The van der Waals surface area contributed by atoms with Crippen LogP contribution in [0.4, 0.5) is 13.2 Å². The Balaban J connectivity index is 2.49. The molecule has 0 bridgehead atoms. The molecule has 0 spiro atoms. The van der Waals surface area contributed by atoms with Crippen LogP contribution >= 0.6 is 0 Å². The zero-order chi connectivity index (χ0) is 13.2. The second-order valence-electron chi connectivity index (χ2n) is 4.73. The molecule has 1 unspecified atom stereocenters. The Bertz CT molecular complexity index is 270. The van der Waals surface area contributed by atoms with Crippen molar-refractivity contribution in [3.05, 3.63) is 0 Å². The Kier molecular flexibility index (Phi) is 4.41. The number of nitrogens with zero attached hydrogens (tertiary/aromatic N) is 2. The second-order valence-corrected chi connectivity index (χ2v) is 4.73. The summed E-state index contributed by atoms with van der Waals surface area (Å²) in [5.74, 6) is -0.0779. The third kappa shape index (κ3) is 3.59. The molecule has 100 valence electrons. The van der Waals surface area contributed by atoms with Crippen LogP contribution in [0.1, 0.15) is 20.8 Å². The number of halogens is 3. The second kappa shape index (κ2) is 5.25. The van der Waals surface area contributed by atoms with Crippen molar-refractivity contribution in [2.45, 2.75) is 33.0 Å². The van der Waals surface area contributed by atoms with E-state index in [9.17, 15) is 18.0 Å². The highest BCUT2D eigenvalue weighted by Crippen LogP contribution is 2.25. The van der Waals surface area contributed by atoms with Crippen LogP contribution in [0.25, 0.3) is 0 Å². The minimum atomic E-state index is -4.19. The van der Waals surface area contributed by atoms with Crippen LogP contribution in [0, 0.1) is 5.92 Å². The molecule has 0 aromatic heterocycles. The van der Waals surface area contributed by atoms with Crippen molar-refractivity contribution >= 4 is 5.91 Å². The van der Waals surface area contributed by atoms with E-state index in [-0.39, 0.29) is 11.8 Å². The molecular weight excluding hydrogens is 233 g/mol. The number of amides is 1. The van der Waals surface area contributed by atoms with Crippen molar-refractivity contribution in [1.82, 2.24) is 9.80 Å². The van der Waals surface area contributed by atoms with Gasteiger partial charge in [0.1, 0.15) is 6.04 Å². The number of hydrogen-bond donors (Lipinski definition) is 0. The summed E-state index contributed by atoms with van der Waals surface area (Å²) in [5.41, 5.74) is 0. The van der Waals surface area contributed by atoms with E-state index in [1.807, 2.05) is 0 Å². The lowest BCUT2D eigenvalue weighted by molar-refractivity contribution is -0.183. The molecule has 0 N–H and O–H groups in total. The minimum Gasteiger partial charge on any atom is -0.340 e. The molecule has 0 aromatic rings. The van der Waals surface area contributed by atoms with E-state index in [0.29, 0.717) is 26.2 Å². The van der Waals surface area contributed by atoms with Gasteiger partial charge in [0.25, 0.3) is 0 Å². The summed E-state index contributed by atoms with van der Waals surface area (Å²) >= 11 is 0. The van der Waals surface area contributed by atoms with Crippen LogP contribution in [0.3, 0.4) is 0 Å². The SMILES string of the molecule is CC(C)C(=O)N1CCN(C(C)C(F)(F)F)CC1. The summed E-state index contributed by atoms with van der Waals surface area (Å²) in [6, 6.07) is -1.43. The standard InChI is InChI=1S/C11H19F3N2O/c1-8(2)10(17)16-6-4-15(5-7-16)9(3)11(12,13)14/h8-9H,4-7H2,1-3H3. The van der Waals surface area contributed by atoms with Gasteiger partial charge in [-0.25, -0.2) is 0 Å². The molecule has 1 amide bonds. The normalized spacial score (nSPS) is 20.8. The predicted molar refractivity (Wildman–Crippen MR) is 58.5 cm³/mol. The van der Waals surface area contributed by atoms with Gasteiger partial charge in [0.2, 0.25) is 5.91 Å². The maximum atomic E-state index is 12.5. The van der Waals surface area contributed by atoms with Gasteiger partial charge < -0.3 is 4.90 Å². The van der Waals surface area contributed by atoms with E-state index in [1.165, 1.54) is 11.8 Å². The zero-order valence-electron chi connectivity index (χ0n) is 10.4. The molecule has 0 aliphatic carbocycles. The maximum absolute atomic E-state index is 12.5. The van der Waals surface area contributed by atoms with E-state index in [4.69, 9.17) is 0 Å². The van der Waals surface area contributed by atoms with Crippen molar-refractivity contribution in [2.24, 2.45) is 5.92 Å². The molecule has 0 radical (unpaired) electrons. The van der Waals surface area contributed by atoms with Crippen LogP contribution < -0.4 is 0 Å². The Morgan fingerprint density at radius 3 is 1.88 bits per heavy atom. The molecule has 1 aliphatic heterocycles. The summed E-state index contributed by atoms with van der Waals surface area (Å²) in [5, 5.41) is 0. The van der Waals surface area contributed by atoms with Crippen molar-refractivity contribution in [3.63, 3.8) is 0 Å². The van der Waals surface area contributed by atoms with Gasteiger partial charge in [-0.15, -0.1) is 0 Å². The Morgan fingerprint density at radius 1 is 1.06 bits per heavy atom. The number of alkyl halides is 3. The molecule has 3 nitrogen and oxygen atoms in total. The topological polar surface area (TPSA) is 23.6 Å². The fraction of sp³-hybridized carbons (Fsp3) is 0.909. The predicted octanol–water partition coefficient (Wildman–Crippen LogP) is 1.74. The van der Waals surface area contributed by atoms with Gasteiger partial charge in [0, 0.05) is 32.1 Å². The highest BCUT2D eigenvalue weighted by molar-refractivity contribution is 5.78. The highest BCUT2D eigenvalue weighted by atomic mass is 19.4. The van der Waals surface area contributed by atoms with E-state index >= 15 is 0 Å². The fourth-order valence-electron chi connectivity index (χ4n) is 1.90. The fourth-order valence-corrected chi connectivity index (χ4v) is 1.90. The smallest absolute Gasteiger partial charge is 0.340 e. The molecule has 1 aliphatic rings. The number of carbonyl (C=O) groups excluding carboxylic acids is 1. The molecule has 0 saturated carbocycles. The molecule has 0 aromatic carbocycles. The van der Waals surface area contributed by atoms with Gasteiger partial charge in [-0.05, 0) is 6.92 Å². The van der Waals surface area contributed by atoms with Gasteiger partial charge >= 0.3 is 6.18 Å². The van der Waals surface area contributed by atoms with E-state index in [1.54, 1.807) is 18.7 Å². The lowest BCUT2D eigenvalue weighted by Crippen LogP contribution is -2.55.